The number of primary amides is 1. The summed E-state index contributed by atoms with van der Waals surface area (Å²) in [4.78, 5) is 20.9. The summed E-state index contributed by atoms with van der Waals surface area (Å²) < 4.78 is 11.2. The number of aryl methyl sites for hydroxylation is 1. The highest BCUT2D eigenvalue weighted by Gasteiger charge is 2.23. The first-order valence-corrected chi connectivity index (χ1v) is 8.41. The molecular weight excluding hydrogens is 344 g/mol. The van der Waals surface area contributed by atoms with Crippen molar-refractivity contribution in [2.45, 2.75) is 33.0 Å². The number of amides is 1. The van der Waals surface area contributed by atoms with Crippen LogP contribution in [0, 0.1) is 6.92 Å². The monoisotopic (exact) mass is 362 g/mol. The summed E-state index contributed by atoms with van der Waals surface area (Å²) in [6.45, 7) is 5.11. The predicted molar refractivity (Wildman–Crippen MR) is 94.6 cm³/mol. The largest absolute Gasteiger partial charge is 0.460 e. The Kier molecular flexibility index (Phi) is 4.36. The van der Waals surface area contributed by atoms with Gasteiger partial charge in [0.05, 0.1) is 17.2 Å². The zero-order valence-electron chi connectivity index (χ0n) is 13.9. The summed E-state index contributed by atoms with van der Waals surface area (Å²) in [7, 11) is 0. The number of carbonyl (C=O) groups excluding carboxylic acids is 1. The molecule has 3 heterocycles. The molecule has 25 heavy (non-hydrogen) atoms. The number of ether oxygens (including phenoxy) is 1. The zero-order chi connectivity index (χ0) is 18.3. The molecule has 0 spiro atoms. The molecule has 0 saturated carbocycles. The SMILES string of the molecule is Cc1ccc(-c2nc(O[C@@H](C)[C@H](C)O)nc3sc(C(N)=O)c(N)c23)o1. The molecule has 0 aliphatic carbocycles. The van der Waals surface area contributed by atoms with Gasteiger partial charge in [0.25, 0.3) is 5.91 Å². The fourth-order valence-electron chi connectivity index (χ4n) is 2.24. The van der Waals surface area contributed by atoms with Gasteiger partial charge in [-0.15, -0.1) is 11.3 Å². The van der Waals surface area contributed by atoms with Crippen molar-refractivity contribution in [3.05, 3.63) is 22.8 Å². The topological polar surface area (TPSA) is 137 Å². The number of aliphatic hydroxyl groups excluding tert-OH is 1. The molecule has 1 amide bonds. The van der Waals surface area contributed by atoms with E-state index in [9.17, 15) is 9.90 Å². The Morgan fingerprint density at radius 1 is 1.36 bits per heavy atom. The van der Waals surface area contributed by atoms with Crippen LogP contribution in [0.4, 0.5) is 5.69 Å². The van der Waals surface area contributed by atoms with E-state index in [1.54, 1.807) is 32.9 Å². The first-order valence-electron chi connectivity index (χ1n) is 7.59. The van der Waals surface area contributed by atoms with Gasteiger partial charge >= 0.3 is 6.01 Å². The molecule has 3 aromatic heterocycles. The van der Waals surface area contributed by atoms with Crippen molar-refractivity contribution >= 4 is 33.1 Å². The van der Waals surface area contributed by atoms with Crippen molar-refractivity contribution in [2.24, 2.45) is 5.73 Å². The third kappa shape index (κ3) is 3.15. The van der Waals surface area contributed by atoms with Gasteiger partial charge in [0, 0.05) is 0 Å². The van der Waals surface area contributed by atoms with Crippen molar-refractivity contribution in [2.75, 3.05) is 5.73 Å². The number of hydrogen-bond donors (Lipinski definition) is 3. The van der Waals surface area contributed by atoms with E-state index in [0.717, 1.165) is 11.3 Å². The molecule has 8 nitrogen and oxygen atoms in total. The third-order valence-corrected chi connectivity index (χ3v) is 4.85. The number of nitrogen functional groups attached to an aromatic ring is 1. The van der Waals surface area contributed by atoms with Crippen molar-refractivity contribution in [1.82, 2.24) is 9.97 Å². The van der Waals surface area contributed by atoms with E-state index in [4.69, 9.17) is 20.6 Å². The maximum atomic E-state index is 11.6. The summed E-state index contributed by atoms with van der Waals surface area (Å²) in [6, 6.07) is 3.60. The van der Waals surface area contributed by atoms with Crippen LogP contribution in [0.25, 0.3) is 21.7 Å². The minimum absolute atomic E-state index is 0.0576. The van der Waals surface area contributed by atoms with Crippen LogP contribution < -0.4 is 16.2 Å². The van der Waals surface area contributed by atoms with E-state index < -0.39 is 18.1 Å². The van der Waals surface area contributed by atoms with Crippen molar-refractivity contribution < 1.29 is 19.1 Å². The fraction of sp³-hybridized carbons (Fsp3) is 0.312. The smallest absolute Gasteiger partial charge is 0.318 e. The summed E-state index contributed by atoms with van der Waals surface area (Å²) in [5.74, 6) is 0.535. The molecule has 0 aliphatic heterocycles. The van der Waals surface area contributed by atoms with E-state index in [1.165, 1.54) is 0 Å². The number of rotatable bonds is 5. The van der Waals surface area contributed by atoms with E-state index >= 15 is 0 Å². The molecule has 3 aromatic rings. The Labute approximate surface area is 147 Å². The minimum atomic E-state index is -0.705. The third-order valence-electron chi connectivity index (χ3n) is 3.74. The van der Waals surface area contributed by atoms with Gasteiger partial charge in [-0.2, -0.15) is 9.97 Å². The summed E-state index contributed by atoms with van der Waals surface area (Å²) >= 11 is 1.06. The second-order valence-corrected chi connectivity index (χ2v) is 6.72. The molecule has 3 rings (SSSR count). The predicted octanol–water partition coefficient (Wildman–Crippen LogP) is 2.09. The number of hydrogen-bond acceptors (Lipinski definition) is 8. The average molecular weight is 362 g/mol. The number of fused-ring (bicyclic) bond motifs is 1. The van der Waals surface area contributed by atoms with Gasteiger partial charge in [-0.05, 0) is 32.9 Å². The number of anilines is 1. The van der Waals surface area contributed by atoms with Crippen molar-refractivity contribution in [3.63, 3.8) is 0 Å². The van der Waals surface area contributed by atoms with Crippen molar-refractivity contribution in [1.29, 1.82) is 0 Å². The molecule has 0 fully saturated rings. The van der Waals surface area contributed by atoms with E-state index in [2.05, 4.69) is 9.97 Å². The second kappa shape index (κ2) is 6.34. The molecule has 2 atom stereocenters. The Morgan fingerprint density at radius 2 is 2.08 bits per heavy atom. The summed E-state index contributed by atoms with van der Waals surface area (Å²) in [5, 5.41) is 10.1. The molecule has 132 valence electrons. The van der Waals surface area contributed by atoms with Gasteiger partial charge in [0.15, 0.2) is 5.76 Å². The Morgan fingerprint density at radius 3 is 2.64 bits per heavy atom. The van der Waals surface area contributed by atoms with Gasteiger partial charge in [-0.25, -0.2) is 0 Å². The number of furan rings is 1. The zero-order valence-corrected chi connectivity index (χ0v) is 14.8. The van der Waals surface area contributed by atoms with Gasteiger partial charge in [-0.1, -0.05) is 0 Å². The van der Waals surface area contributed by atoms with Crippen LogP contribution in [0.15, 0.2) is 16.5 Å². The van der Waals surface area contributed by atoms with Gasteiger partial charge in [-0.3, -0.25) is 4.79 Å². The Balaban J connectivity index is 2.23. The number of aromatic nitrogens is 2. The molecule has 0 aromatic carbocycles. The number of aliphatic hydroxyl groups is 1. The fourth-order valence-corrected chi connectivity index (χ4v) is 3.18. The average Bonchev–Trinajstić information content (AvgIpc) is 3.10. The van der Waals surface area contributed by atoms with Crippen LogP contribution in [0.3, 0.4) is 0 Å². The van der Waals surface area contributed by atoms with Crippen LogP contribution >= 0.6 is 11.3 Å². The maximum absolute atomic E-state index is 11.6. The lowest BCUT2D eigenvalue weighted by atomic mass is 10.2. The lowest BCUT2D eigenvalue weighted by molar-refractivity contribution is 0.0545. The highest BCUT2D eigenvalue weighted by atomic mass is 32.1. The standard InChI is InChI=1S/C16H18N4O4S/c1-6-4-5-9(23-6)12-10-11(17)13(14(18)22)25-15(10)20-16(19-12)24-8(3)7(2)21/h4-5,7-8,21H,17H2,1-3H3,(H2,18,22)/t7-,8-/m0/s1. The number of nitrogens with zero attached hydrogens (tertiary/aromatic N) is 2. The van der Waals surface area contributed by atoms with Crippen LogP contribution in [0.2, 0.25) is 0 Å². The lowest BCUT2D eigenvalue weighted by Gasteiger charge is -2.16. The first-order chi connectivity index (χ1) is 11.8. The Hall–Kier alpha value is -2.65. The van der Waals surface area contributed by atoms with Crippen LogP contribution in [-0.2, 0) is 0 Å². The molecule has 0 aliphatic rings. The van der Waals surface area contributed by atoms with Gasteiger partial charge < -0.3 is 25.7 Å². The molecule has 0 bridgehead atoms. The summed E-state index contributed by atoms with van der Waals surface area (Å²) in [5.41, 5.74) is 12.1. The Bertz CT molecular complexity index is 947. The molecule has 5 N–H and O–H groups in total. The van der Waals surface area contributed by atoms with Crippen molar-refractivity contribution in [3.8, 4) is 17.5 Å². The van der Waals surface area contributed by atoms with Crippen LogP contribution in [-0.4, -0.2) is 33.2 Å². The number of thiophene rings is 1. The maximum Gasteiger partial charge on any atom is 0.318 e. The highest BCUT2D eigenvalue weighted by Crippen LogP contribution is 2.39. The van der Waals surface area contributed by atoms with Gasteiger partial charge in [0.2, 0.25) is 0 Å². The molecular formula is C16H18N4O4S. The number of carbonyl (C=O) groups is 1. The second-order valence-electron chi connectivity index (χ2n) is 5.72. The lowest BCUT2D eigenvalue weighted by Crippen LogP contribution is -2.26. The first kappa shape index (κ1) is 17.2. The van der Waals surface area contributed by atoms with E-state index in [0.29, 0.717) is 27.4 Å². The molecule has 0 saturated heterocycles. The van der Waals surface area contributed by atoms with Gasteiger partial charge in [0.1, 0.15) is 27.3 Å². The van der Waals surface area contributed by atoms with Crippen LogP contribution in [0.5, 0.6) is 6.01 Å². The quantitative estimate of drug-likeness (QED) is 0.632. The normalized spacial score (nSPS) is 13.8. The molecule has 0 unspecified atom stereocenters. The molecule has 0 radical (unpaired) electrons. The summed E-state index contributed by atoms with van der Waals surface area (Å²) in [6.07, 6.45) is -1.22. The molecule has 9 heteroatoms. The minimum Gasteiger partial charge on any atom is -0.460 e. The van der Waals surface area contributed by atoms with E-state index in [1.807, 2.05) is 0 Å². The number of nitrogens with two attached hydrogens (primary N) is 2. The van der Waals surface area contributed by atoms with Crippen LogP contribution in [0.1, 0.15) is 29.3 Å². The highest BCUT2D eigenvalue weighted by molar-refractivity contribution is 7.21. The van der Waals surface area contributed by atoms with E-state index in [-0.39, 0.29) is 16.6 Å².